The third-order valence-electron chi connectivity index (χ3n) is 3.75. The number of amides is 2. The molecule has 0 radical (unpaired) electrons. The minimum Gasteiger partial charge on any atom is -0.291 e. The van der Waals surface area contributed by atoms with E-state index in [9.17, 15) is 14.4 Å². The fourth-order valence-electron chi connectivity index (χ4n) is 2.71. The molecule has 1 fully saturated rings. The van der Waals surface area contributed by atoms with Gasteiger partial charge in [0.25, 0.3) is 0 Å². The number of nitrogens with zero attached hydrogens (tertiary/aromatic N) is 1. The van der Waals surface area contributed by atoms with E-state index >= 15 is 0 Å². The van der Waals surface area contributed by atoms with E-state index in [1.807, 2.05) is 12.2 Å². The van der Waals surface area contributed by atoms with Crippen LogP contribution in [0.3, 0.4) is 0 Å². The lowest BCUT2D eigenvalue weighted by molar-refractivity contribution is -0.139. The van der Waals surface area contributed by atoms with E-state index in [1.165, 1.54) is 0 Å². The predicted molar refractivity (Wildman–Crippen MR) is 75.7 cm³/mol. The lowest BCUT2D eigenvalue weighted by atomic mass is 9.85. The number of hydrogen-bond donors (Lipinski definition) is 0. The average Bonchev–Trinajstić information content (AvgIpc) is 2.98. The van der Waals surface area contributed by atoms with Crippen LogP contribution in [0.4, 0.5) is 0 Å². The lowest BCUT2D eigenvalue weighted by Gasteiger charge is -2.14. The van der Waals surface area contributed by atoms with Crippen LogP contribution in [0.15, 0.2) is 24.3 Å². The van der Waals surface area contributed by atoms with E-state index in [-0.39, 0.29) is 36.0 Å². The second-order valence-corrected chi connectivity index (χ2v) is 6.66. The molecule has 1 aromatic rings. The summed E-state index contributed by atoms with van der Waals surface area (Å²) in [5.74, 6) is -1.25. The number of carbonyl (C=O) groups excluding carboxylic acids is 3. The molecular formula is C14H12ClNO3S. The molecule has 0 aromatic carbocycles. The van der Waals surface area contributed by atoms with Crippen molar-refractivity contribution < 1.29 is 14.4 Å². The number of likely N-dealkylation sites (tertiary alicyclic amines) is 1. The molecule has 3 rings (SSSR count). The van der Waals surface area contributed by atoms with Crippen molar-refractivity contribution in [3.8, 4) is 0 Å². The van der Waals surface area contributed by atoms with Gasteiger partial charge in [0.15, 0.2) is 5.78 Å². The van der Waals surface area contributed by atoms with E-state index < -0.39 is 0 Å². The third kappa shape index (κ3) is 2.21. The summed E-state index contributed by atoms with van der Waals surface area (Å²) in [5, 5.41) is 0. The van der Waals surface area contributed by atoms with Crippen molar-refractivity contribution in [1.82, 2.24) is 4.90 Å². The van der Waals surface area contributed by atoms with Crippen LogP contribution >= 0.6 is 22.9 Å². The molecule has 2 heterocycles. The van der Waals surface area contributed by atoms with Gasteiger partial charge in [-0.15, -0.1) is 11.3 Å². The zero-order valence-corrected chi connectivity index (χ0v) is 12.1. The Morgan fingerprint density at radius 3 is 2.30 bits per heavy atom. The van der Waals surface area contributed by atoms with Crippen molar-refractivity contribution in [3.63, 3.8) is 0 Å². The lowest BCUT2D eigenvalue weighted by Crippen LogP contribution is -2.35. The highest BCUT2D eigenvalue weighted by Crippen LogP contribution is 2.35. The second kappa shape index (κ2) is 5.14. The zero-order valence-electron chi connectivity index (χ0n) is 10.5. The minimum absolute atomic E-state index is 0.179. The smallest absolute Gasteiger partial charge is 0.233 e. The standard InChI is InChI=1S/C14H12ClNO3S/c15-12-6-5-11(20-12)10(17)7-16-13(18)8-3-1-2-4-9(8)14(16)19/h1-2,5-6,8-9H,3-4,7H2/t8-,9-/m1/s1. The quantitative estimate of drug-likeness (QED) is 0.490. The monoisotopic (exact) mass is 309 g/mol. The second-order valence-electron chi connectivity index (χ2n) is 4.95. The maximum absolute atomic E-state index is 12.2. The maximum atomic E-state index is 12.2. The van der Waals surface area contributed by atoms with Gasteiger partial charge >= 0.3 is 0 Å². The molecule has 0 saturated carbocycles. The first-order valence-electron chi connectivity index (χ1n) is 6.36. The molecule has 4 nitrogen and oxygen atoms in total. The molecule has 1 aliphatic carbocycles. The molecule has 0 bridgehead atoms. The van der Waals surface area contributed by atoms with E-state index in [0.29, 0.717) is 22.1 Å². The Morgan fingerprint density at radius 2 is 1.80 bits per heavy atom. The number of thiophene rings is 1. The Morgan fingerprint density at radius 1 is 1.20 bits per heavy atom. The summed E-state index contributed by atoms with van der Waals surface area (Å²) >= 11 is 6.95. The Kier molecular flexibility index (Phi) is 3.48. The number of allylic oxidation sites excluding steroid dienone is 2. The van der Waals surface area contributed by atoms with Crippen molar-refractivity contribution in [3.05, 3.63) is 33.5 Å². The van der Waals surface area contributed by atoms with Crippen molar-refractivity contribution in [1.29, 1.82) is 0 Å². The van der Waals surface area contributed by atoms with E-state index in [4.69, 9.17) is 11.6 Å². The van der Waals surface area contributed by atoms with Gasteiger partial charge in [-0.1, -0.05) is 23.8 Å². The number of fused-ring (bicyclic) bond motifs is 1. The molecule has 2 amide bonds. The van der Waals surface area contributed by atoms with Gasteiger partial charge in [-0.2, -0.15) is 0 Å². The fourth-order valence-corrected chi connectivity index (χ4v) is 3.68. The van der Waals surface area contributed by atoms with Gasteiger partial charge in [0, 0.05) is 0 Å². The summed E-state index contributed by atoms with van der Waals surface area (Å²) in [6.07, 6.45) is 5.03. The summed E-state index contributed by atoms with van der Waals surface area (Å²) in [6, 6.07) is 3.26. The molecule has 1 aliphatic heterocycles. The largest absolute Gasteiger partial charge is 0.291 e. The summed E-state index contributed by atoms with van der Waals surface area (Å²) in [7, 11) is 0. The molecule has 6 heteroatoms. The summed E-state index contributed by atoms with van der Waals surface area (Å²) in [6.45, 7) is -0.179. The number of halogens is 1. The first-order chi connectivity index (χ1) is 9.58. The highest BCUT2D eigenvalue weighted by atomic mass is 35.5. The van der Waals surface area contributed by atoms with E-state index in [1.54, 1.807) is 12.1 Å². The molecule has 0 unspecified atom stereocenters. The van der Waals surface area contributed by atoms with Crippen LogP contribution in [0.2, 0.25) is 4.34 Å². The number of imide groups is 1. The molecule has 104 valence electrons. The van der Waals surface area contributed by atoms with Gasteiger partial charge < -0.3 is 0 Å². The molecule has 1 saturated heterocycles. The molecule has 2 aliphatic rings. The van der Waals surface area contributed by atoms with Crippen molar-refractivity contribution in [2.24, 2.45) is 11.8 Å². The first kappa shape index (κ1) is 13.5. The predicted octanol–water partition coefficient (Wildman–Crippen LogP) is 2.54. The zero-order chi connectivity index (χ0) is 14.3. The fraction of sp³-hybridized carbons (Fsp3) is 0.357. The van der Waals surface area contributed by atoms with Gasteiger partial charge in [0.05, 0.1) is 27.6 Å². The molecule has 2 atom stereocenters. The minimum atomic E-state index is -0.285. The summed E-state index contributed by atoms with van der Waals surface area (Å²) < 4.78 is 0.519. The molecule has 20 heavy (non-hydrogen) atoms. The highest BCUT2D eigenvalue weighted by molar-refractivity contribution is 7.18. The van der Waals surface area contributed by atoms with Crippen molar-refractivity contribution in [2.45, 2.75) is 12.8 Å². The number of Topliss-reactive ketones (excluding diaryl/α,β-unsaturated/α-hetero) is 1. The number of ketones is 1. The van der Waals surface area contributed by atoms with Crippen LogP contribution in [0.1, 0.15) is 22.5 Å². The molecule has 0 N–H and O–H groups in total. The van der Waals surface area contributed by atoms with Crippen molar-refractivity contribution >= 4 is 40.5 Å². The Balaban J connectivity index is 1.76. The van der Waals surface area contributed by atoms with Gasteiger partial charge in [-0.25, -0.2) is 0 Å². The highest BCUT2D eigenvalue weighted by Gasteiger charge is 2.47. The Bertz CT molecular complexity index is 596. The SMILES string of the molecule is O=C(CN1C(=O)[C@@H]2CC=CC[C@H]2C1=O)c1ccc(Cl)s1. The van der Waals surface area contributed by atoms with Gasteiger partial charge in [-0.3, -0.25) is 19.3 Å². The van der Waals surface area contributed by atoms with Crippen LogP contribution in [-0.2, 0) is 9.59 Å². The topological polar surface area (TPSA) is 54.5 Å². The average molecular weight is 310 g/mol. The van der Waals surface area contributed by atoms with Crippen LogP contribution in [0.5, 0.6) is 0 Å². The van der Waals surface area contributed by atoms with E-state index in [2.05, 4.69) is 0 Å². The first-order valence-corrected chi connectivity index (χ1v) is 7.56. The van der Waals surface area contributed by atoms with Gasteiger partial charge in [-0.05, 0) is 25.0 Å². The number of carbonyl (C=O) groups is 3. The Labute approximate surface area is 125 Å². The van der Waals surface area contributed by atoms with Gasteiger partial charge in [0.2, 0.25) is 11.8 Å². The third-order valence-corrected chi connectivity index (χ3v) is 5.02. The van der Waals surface area contributed by atoms with Crippen molar-refractivity contribution in [2.75, 3.05) is 6.54 Å². The Hall–Kier alpha value is -1.46. The molecule has 1 aromatic heterocycles. The summed E-state index contributed by atoms with van der Waals surface area (Å²) in [5.41, 5.74) is 0. The van der Waals surface area contributed by atoms with Gasteiger partial charge in [0.1, 0.15) is 0 Å². The normalized spacial score (nSPS) is 25.1. The molecular weight excluding hydrogens is 298 g/mol. The van der Waals surface area contributed by atoms with E-state index in [0.717, 1.165) is 16.2 Å². The number of hydrogen-bond acceptors (Lipinski definition) is 4. The number of rotatable bonds is 3. The van der Waals surface area contributed by atoms with Crippen LogP contribution in [0.25, 0.3) is 0 Å². The van der Waals surface area contributed by atoms with Crippen LogP contribution in [-0.4, -0.2) is 29.0 Å². The maximum Gasteiger partial charge on any atom is 0.233 e. The summed E-state index contributed by atoms with van der Waals surface area (Å²) in [4.78, 5) is 38.1. The van der Waals surface area contributed by atoms with Crippen LogP contribution < -0.4 is 0 Å². The molecule has 0 spiro atoms. The van der Waals surface area contributed by atoms with Crippen LogP contribution in [0, 0.1) is 11.8 Å².